The SMILES string of the molecule is Cc1cc(C)n(C(=O)c2ccccc2)c(=S)n1. The molecule has 0 fully saturated rings. The highest BCUT2D eigenvalue weighted by Gasteiger charge is 2.11. The lowest BCUT2D eigenvalue weighted by atomic mass is 10.2. The Balaban J connectivity index is 2.56. The normalized spacial score (nSPS) is 10.2. The van der Waals surface area contributed by atoms with E-state index in [1.54, 1.807) is 12.1 Å². The van der Waals surface area contributed by atoms with Crippen molar-refractivity contribution in [1.82, 2.24) is 9.55 Å². The van der Waals surface area contributed by atoms with Gasteiger partial charge in [0.15, 0.2) is 0 Å². The molecule has 0 aliphatic rings. The summed E-state index contributed by atoms with van der Waals surface area (Å²) < 4.78 is 1.76. The van der Waals surface area contributed by atoms with Crippen LogP contribution < -0.4 is 0 Å². The van der Waals surface area contributed by atoms with Gasteiger partial charge < -0.3 is 0 Å². The molecule has 1 aromatic carbocycles. The van der Waals surface area contributed by atoms with E-state index >= 15 is 0 Å². The molecule has 4 heteroatoms. The van der Waals surface area contributed by atoms with Gasteiger partial charge in [0.25, 0.3) is 5.91 Å². The fourth-order valence-electron chi connectivity index (χ4n) is 1.71. The van der Waals surface area contributed by atoms with E-state index in [1.807, 2.05) is 38.1 Å². The van der Waals surface area contributed by atoms with Crippen LogP contribution in [0.25, 0.3) is 0 Å². The number of hydrogen-bond donors (Lipinski definition) is 0. The highest BCUT2D eigenvalue weighted by molar-refractivity contribution is 7.71. The second-order valence-electron chi connectivity index (χ2n) is 3.83. The molecule has 3 nitrogen and oxygen atoms in total. The van der Waals surface area contributed by atoms with Crippen LogP contribution in [0.3, 0.4) is 0 Å². The summed E-state index contributed by atoms with van der Waals surface area (Å²) in [6, 6.07) is 10.9. The maximum atomic E-state index is 12.3. The number of carbonyl (C=O) groups excluding carboxylic acids is 1. The Hall–Kier alpha value is -1.81. The second-order valence-corrected chi connectivity index (χ2v) is 4.19. The third-order valence-electron chi connectivity index (χ3n) is 2.46. The summed E-state index contributed by atoms with van der Waals surface area (Å²) in [6.45, 7) is 3.71. The molecule has 0 unspecified atom stereocenters. The predicted molar refractivity (Wildman–Crippen MR) is 68.7 cm³/mol. The molecule has 2 rings (SSSR count). The zero-order valence-corrected chi connectivity index (χ0v) is 10.5. The smallest absolute Gasteiger partial charge is 0.264 e. The molecular weight excluding hydrogens is 232 g/mol. The maximum Gasteiger partial charge on any atom is 0.264 e. The Kier molecular flexibility index (Phi) is 3.15. The lowest BCUT2D eigenvalue weighted by molar-refractivity contribution is 0.0954. The minimum Gasteiger partial charge on any atom is -0.268 e. The van der Waals surface area contributed by atoms with Crippen molar-refractivity contribution in [3.8, 4) is 0 Å². The highest BCUT2D eigenvalue weighted by Crippen LogP contribution is 2.08. The monoisotopic (exact) mass is 244 g/mol. The van der Waals surface area contributed by atoms with E-state index in [0.29, 0.717) is 10.3 Å². The van der Waals surface area contributed by atoms with Crippen LogP contribution in [0.5, 0.6) is 0 Å². The predicted octanol–water partition coefficient (Wildman–Crippen LogP) is 2.92. The first kappa shape index (κ1) is 11.7. The number of carbonyl (C=O) groups is 1. The molecule has 0 N–H and O–H groups in total. The van der Waals surface area contributed by atoms with Crippen molar-refractivity contribution in [2.24, 2.45) is 0 Å². The van der Waals surface area contributed by atoms with Crippen LogP contribution in [0, 0.1) is 18.6 Å². The van der Waals surface area contributed by atoms with E-state index in [-0.39, 0.29) is 5.91 Å². The van der Waals surface area contributed by atoms with E-state index < -0.39 is 0 Å². The van der Waals surface area contributed by atoms with E-state index in [1.165, 1.54) is 4.57 Å². The summed E-state index contributed by atoms with van der Waals surface area (Å²) in [5, 5.41) is 0. The van der Waals surface area contributed by atoms with E-state index in [9.17, 15) is 4.79 Å². The summed E-state index contributed by atoms with van der Waals surface area (Å²) in [4.78, 5) is 16.4. The summed E-state index contributed by atoms with van der Waals surface area (Å²) in [7, 11) is 0. The Morgan fingerprint density at radius 2 is 1.88 bits per heavy atom. The molecule has 0 saturated carbocycles. The summed E-state index contributed by atoms with van der Waals surface area (Å²) in [6.07, 6.45) is 0. The van der Waals surface area contributed by atoms with Crippen molar-refractivity contribution in [1.29, 1.82) is 0 Å². The molecule has 1 aromatic heterocycles. The number of aromatic nitrogens is 2. The summed E-state index contributed by atoms with van der Waals surface area (Å²) in [5.41, 5.74) is 2.23. The molecule has 17 heavy (non-hydrogen) atoms. The first-order valence-electron chi connectivity index (χ1n) is 5.26. The van der Waals surface area contributed by atoms with Crippen LogP contribution in [-0.2, 0) is 0 Å². The van der Waals surface area contributed by atoms with Crippen LogP contribution in [0.4, 0.5) is 0 Å². The van der Waals surface area contributed by atoms with Gasteiger partial charge in [-0.25, -0.2) is 4.98 Å². The van der Waals surface area contributed by atoms with Gasteiger partial charge in [-0.3, -0.25) is 9.36 Å². The molecule has 0 aliphatic carbocycles. The Labute approximate surface area is 105 Å². The quantitative estimate of drug-likeness (QED) is 0.723. The third-order valence-corrected chi connectivity index (χ3v) is 2.73. The second kappa shape index (κ2) is 4.59. The summed E-state index contributed by atoms with van der Waals surface area (Å²) >= 11 is 5.13. The molecular formula is C13H12N2OS. The van der Waals surface area contributed by atoms with Crippen molar-refractivity contribution < 1.29 is 4.79 Å². The zero-order valence-electron chi connectivity index (χ0n) is 9.68. The van der Waals surface area contributed by atoms with Gasteiger partial charge in [-0.1, -0.05) is 18.2 Å². The van der Waals surface area contributed by atoms with Crippen LogP contribution in [-0.4, -0.2) is 15.5 Å². The topological polar surface area (TPSA) is 34.9 Å². The molecule has 0 aliphatic heterocycles. The minimum atomic E-state index is -0.138. The molecule has 0 saturated heterocycles. The van der Waals surface area contributed by atoms with Crippen molar-refractivity contribution in [2.45, 2.75) is 13.8 Å². The zero-order chi connectivity index (χ0) is 12.4. The van der Waals surface area contributed by atoms with Crippen molar-refractivity contribution >= 4 is 18.1 Å². The number of aryl methyl sites for hydroxylation is 2. The fourth-order valence-corrected chi connectivity index (χ4v) is 2.08. The number of benzene rings is 1. The Morgan fingerprint density at radius 3 is 2.47 bits per heavy atom. The first-order valence-corrected chi connectivity index (χ1v) is 5.67. The highest BCUT2D eigenvalue weighted by atomic mass is 32.1. The first-order chi connectivity index (χ1) is 8.09. The molecule has 0 bridgehead atoms. The lowest BCUT2D eigenvalue weighted by Crippen LogP contribution is -2.17. The van der Waals surface area contributed by atoms with Gasteiger partial charge in [0.05, 0.1) is 0 Å². The largest absolute Gasteiger partial charge is 0.268 e. The van der Waals surface area contributed by atoms with Crippen molar-refractivity contribution in [3.05, 3.63) is 58.1 Å². The number of nitrogens with zero attached hydrogens (tertiary/aromatic N) is 2. The standard InChI is InChI=1S/C13H12N2OS/c1-9-8-10(2)15(13(17)14-9)12(16)11-6-4-3-5-7-11/h3-8H,1-2H3. The fraction of sp³-hybridized carbons (Fsp3) is 0.154. The molecule has 0 radical (unpaired) electrons. The van der Waals surface area contributed by atoms with Crippen molar-refractivity contribution in [2.75, 3.05) is 0 Å². The summed E-state index contributed by atoms with van der Waals surface area (Å²) in [5.74, 6) is -0.138. The third kappa shape index (κ3) is 2.31. The Bertz CT molecular complexity index is 617. The van der Waals surface area contributed by atoms with Crippen LogP contribution >= 0.6 is 12.2 Å². The van der Waals surface area contributed by atoms with Crippen LogP contribution in [0.2, 0.25) is 0 Å². The van der Waals surface area contributed by atoms with Gasteiger partial charge in [-0.05, 0) is 44.3 Å². The van der Waals surface area contributed by atoms with Crippen molar-refractivity contribution in [3.63, 3.8) is 0 Å². The van der Waals surface area contributed by atoms with E-state index in [0.717, 1.165) is 11.4 Å². The van der Waals surface area contributed by atoms with E-state index in [2.05, 4.69) is 4.98 Å². The van der Waals surface area contributed by atoms with Gasteiger partial charge in [0.2, 0.25) is 4.77 Å². The molecule has 2 aromatic rings. The molecule has 86 valence electrons. The van der Waals surface area contributed by atoms with Gasteiger partial charge in [-0.2, -0.15) is 0 Å². The van der Waals surface area contributed by atoms with Crippen LogP contribution in [0.1, 0.15) is 21.7 Å². The Morgan fingerprint density at radius 1 is 1.24 bits per heavy atom. The molecule has 1 heterocycles. The number of hydrogen-bond acceptors (Lipinski definition) is 3. The average molecular weight is 244 g/mol. The minimum absolute atomic E-state index is 0.138. The van der Waals surface area contributed by atoms with Gasteiger partial charge in [0, 0.05) is 17.0 Å². The molecule has 0 atom stereocenters. The van der Waals surface area contributed by atoms with Crippen LogP contribution in [0.15, 0.2) is 36.4 Å². The lowest BCUT2D eigenvalue weighted by Gasteiger charge is -2.09. The molecule has 0 amide bonds. The average Bonchev–Trinajstić information content (AvgIpc) is 2.28. The maximum absolute atomic E-state index is 12.3. The van der Waals surface area contributed by atoms with Gasteiger partial charge in [-0.15, -0.1) is 0 Å². The van der Waals surface area contributed by atoms with E-state index in [4.69, 9.17) is 12.2 Å². The van der Waals surface area contributed by atoms with Gasteiger partial charge in [0.1, 0.15) is 0 Å². The molecule has 0 spiro atoms. The van der Waals surface area contributed by atoms with Gasteiger partial charge >= 0.3 is 0 Å². The number of rotatable bonds is 1.